The van der Waals surface area contributed by atoms with Gasteiger partial charge in [-0.2, -0.15) is 0 Å². The van der Waals surface area contributed by atoms with Crippen molar-refractivity contribution in [1.82, 2.24) is 0 Å². The molecule has 0 aliphatic heterocycles. The minimum Gasteiger partial charge on any atom is -0.460 e. The first-order valence-corrected chi connectivity index (χ1v) is 10.7. The summed E-state index contributed by atoms with van der Waals surface area (Å²) in [5.74, 6) is -0.225. The van der Waals surface area contributed by atoms with Gasteiger partial charge in [0.15, 0.2) is 0 Å². The van der Waals surface area contributed by atoms with Gasteiger partial charge in [0.1, 0.15) is 5.60 Å². The third-order valence-electron chi connectivity index (χ3n) is 1.06. The maximum atomic E-state index is 10.2. The second kappa shape index (κ2) is 9.53. The van der Waals surface area contributed by atoms with Gasteiger partial charge >= 0.3 is 5.97 Å². The van der Waals surface area contributed by atoms with Gasteiger partial charge in [-0.3, -0.25) is 4.79 Å². The van der Waals surface area contributed by atoms with Crippen LogP contribution >= 0.6 is 0 Å². The van der Waals surface area contributed by atoms with Crippen molar-refractivity contribution in [2.45, 2.75) is 85.9 Å². The van der Waals surface area contributed by atoms with Crippen LogP contribution < -0.4 is 0 Å². The van der Waals surface area contributed by atoms with Gasteiger partial charge < -0.3 is 9.47 Å². The Morgan fingerprint density at radius 1 is 0.842 bits per heavy atom. The molecule has 0 fully saturated rings. The molecule has 4 heteroatoms. The minimum atomic E-state index is -0.611. The van der Waals surface area contributed by atoms with Gasteiger partial charge in [0, 0.05) is 22.1 Å². The molecule has 0 rings (SSSR count). The molecule has 0 radical (unpaired) electrons. The maximum absolute atomic E-state index is 10.2. The average molecular weight is 293 g/mol. The molecule has 0 bridgehead atoms. The molecular formula is C15H36O3Si. The van der Waals surface area contributed by atoms with E-state index in [0.29, 0.717) is 0 Å². The van der Waals surface area contributed by atoms with Gasteiger partial charge in [-0.1, -0.05) is 26.2 Å². The van der Waals surface area contributed by atoms with Crippen LogP contribution in [0, 0.1) is 0 Å². The first kappa shape index (κ1) is 23.7. The van der Waals surface area contributed by atoms with Crippen molar-refractivity contribution in [2.24, 2.45) is 0 Å². The summed E-state index contributed by atoms with van der Waals surface area (Å²) in [7, 11) is 1.10. The number of rotatable bonds is 0. The lowest BCUT2D eigenvalue weighted by molar-refractivity contribution is -0.151. The Bertz CT molecular complexity index is 223. The second-order valence-corrected chi connectivity index (χ2v) is 14.0. The molecule has 0 N–H and O–H groups in total. The summed E-state index contributed by atoms with van der Waals surface area (Å²) in [6, 6.07) is 0. The number of ether oxygens (including phenoxy) is 2. The molecule has 19 heavy (non-hydrogen) atoms. The van der Waals surface area contributed by atoms with E-state index >= 15 is 0 Å². The first-order valence-electron chi connectivity index (χ1n) is 6.72. The lowest BCUT2D eigenvalue weighted by Gasteiger charge is -2.17. The zero-order valence-electron chi connectivity index (χ0n) is 15.2. The van der Waals surface area contributed by atoms with E-state index < -0.39 is 8.07 Å². The summed E-state index contributed by atoms with van der Waals surface area (Å²) in [6.07, 6.45) is 0. The SMILES string of the molecule is CC(=O)OC(C)(C)C.COC(C)(C)C.C[Si](C)(C)C. The smallest absolute Gasteiger partial charge is 0.303 e. The number of hydrogen-bond donors (Lipinski definition) is 0. The fourth-order valence-electron chi connectivity index (χ4n) is 0.431. The predicted octanol–water partition coefficient (Wildman–Crippen LogP) is 4.73. The molecule has 0 heterocycles. The highest BCUT2D eigenvalue weighted by Gasteiger charge is 2.11. The summed E-state index contributed by atoms with van der Waals surface area (Å²) in [5.41, 5.74) is -0.286. The summed E-state index contributed by atoms with van der Waals surface area (Å²) in [6.45, 7) is 22.3. The Balaban J connectivity index is -0.000000209. The fraction of sp³-hybridized carbons (Fsp3) is 0.933. The van der Waals surface area contributed by atoms with E-state index in [2.05, 4.69) is 26.2 Å². The molecule has 0 spiro atoms. The van der Waals surface area contributed by atoms with Crippen LogP contribution in [0.4, 0.5) is 0 Å². The van der Waals surface area contributed by atoms with Crippen LogP contribution in [0.1, 0.15) is 48.5 Å². The van der Waals surface area contributed by atoms with Crippen LogP contribution in [0.3, 0.4) is 0 Å². The van der Waals surface area contributed by atoms with Gasteiger partial charge in [-0.05, 0) is 41.5 Å². The molecule has 0 aromatic carbocycles. The molecule has 0 aromatic rings. The number of hydrogen-bond acceptors (Lipinski definition) is 3. The van der Waals surface area contributed by atoms with E-state index in [4.69, 9.17) is 9.47 Å². The Morgan fingerprint density at radius 3 is 1.05 bits per heavy atom. The third kappa shape index (κ3) is 73.9. The number of carbonyl (C=O) groups is 1. The van der Waals surface area contributed by atoms with E-state index in [1.54, 1.807) is 7.11 Å². The molecule has 0 atom stereocenters. The zero-order valence-corrected chi connectivity index (χ0v) is 16.2. The second-order valence-electron chi connectivity index (χ2n) is 8.02. The van der Waals surface area contributed by atoms with Crippen molar-refractivity contribution in [1.29, 1.82) is 0 Å². The van der Waals surface area contributed by atoms with Crippen molar-refractivity contribution in [3.8, 4) is 0 Å². The zero-order chi connectivity index (χ0) is 16.5. The van der Waals surface area contributed by atoms with Crippen LogP contribution in [0.2, 0.25) is 26.2 Å². The van der Waals surface area contributed by atoms with Crippen molar-refractivity contribution in [3.05, 3.63) is 0 Å². The van der Waals surface area contributed by atoms with Crippen molar-refractivity contribution < 1.29 is 14.3 Å². The summed E-state index contributed by atoms with van der Waals surface area (Å²) < 4.78 is 9.74. The molecule has 118 valence electrons. The molecule has 0 amide bonds. The summed E-state index contributed by atoms with van der Waals surface area (Å²) >= 11 is 0. The van der Waals surface area contributed by atoms with E-state index in [0.717, 1.165) is 0 Å². The van der Waals surface area contributed by atoms with Crippen LogP contribution in [0.15, 0.2) is 0 Å². The Labute approximate surface area is 122 Å². The lowest BCUT2D eigenvalue weighted by atomic mass is 10.2. The lowest BCUT2D eigenvalue weighted by Crippen LogP contribution is -2.21. The van der Waals surface area contributed by atoms with E-state index in [9.17, 15) is 4.79 Å². The highest BCUT2D eigenvalue weighted by atomic mass is 28.3. The summed E-state index contributed by atoms with van der Waals surface area (Å²) in [4.78, 5) is 10.2. The molecule has 0 unspecified atom stereocenters. The van der Waals surface area contributed by atoms with Gasteiger partial charge in [-0.25, -0.2) is 0 Å². The van der Waals surface area contributed by atoms with Gasteiger partial charge in [-0.15, -0.1) is 0 Å². The topological polar surface area (TPSA) is 35.5 Å². The fourth-order valence-corrected chi connectivity index (χ4v) is 0.431. The van der Waals surface area contributed by atoms with Crippen molar-refractivity contribution in [3.63, 3.8) is 0 Å². The molecule has 0 aromatic heterocycles. The quantitative estimate of drug-likeness (QED) is 0.478. The standard InChI is InChI=1S/C6H12O2.C5H12O.C4H12Si/c1-5(7)8-6(2,3)4;1-5(2,3)6-4;1-5(2,3)4/h1-4H3;1-4H3;1-4H3. The predicted molar refractivity (Wildman–Crippen MR) is 87.5 cm³/mol. The van der Waals surface area contributed by atoms with Crippen LogP contribution in [0.25, 0.3) is 0 Å². The van der Waals surface area contributed by atoms with Crippen LogP contribution in [-0.2, 0) is 14.3 Å². The average Bonchev–Trinajstić information content (AvgIpc) is 1.95. The van der Waals surface area contributed by atoms with E-state index in [1.165, 1.54) is 6.92 Å². The van der Waals surface area contributed by atoms with Gasteiger partial charge in [0.25, 0.3) is 0 Å². The van der Waals surface area contributed by atoms with E-state index in [1.807, 2.05) is 41.5 Å². The molecule has 0 aliphatic rings. The minimum absolute atomic E-state index is 0.0417. The molecule has 0 saturated carbocycles. The Kier molecular flexibility index (Phi) is 11.9. The summed E-state index contributed by atoms with van der Waals surface area (Å²) in [5, 5.41) is 0. The number of methoxy groups -OCH3 is 1. The normalized spacial score (nSPS) is 11.6. The molecule has 0 saturated heterocycles. The van der Waals surface area contributed by atoms with Crippen LogP contribution in [-0.4, -0.2) is 32.4 Å². The Hall–Kier alpha value is -0.353. The van der Waals surface area contributed by atoms with Crippen molar-refractivity contribution in [2.75, 3.05) is 7.11 Å². The largest absolute Gasteiger partial charge is 0.460 e. The third-order valence-corrected chi connectivity index (χ3v) is 1.06. The highest BCUT2D eigenvalue weighted by molar-refractivity contribution is 6.74. The van der Waals surface area contributed by atoms with Gasteiger partial charge in [0.2, 0.25) is 0 Å². The first-order chi connectivity index (χ1) is 7.98. The molecular weight excluding hydrogens is 256 g/mol. The van der Waals surface area contributed by atoms with E-state index in [-0.39, 0.29) is 17.2 Å². The highest BCUT2D eigenvalue weighted by Crippen LogP contribution is 2.05. The number of esters is 1. The molecule has 3 nitrogen and oxygen atoms in total. The van der Waals surface area contributed by atoms with Crippen molar-refractivity contribution >= 4 is 14.0 Å². The number of carbonyl (C=O) groups excluding carboxylic acids is 1. The van der Waals surface area contributed by atoms with Gasteiger partial charge in [0.05, 0.1) is 5.60 Å². The Morgan fingerprint density at radius 2 is 1.05 bits per heavy atom. The monoisotopic (exact) mass is 292 g/mol. The van der Waals surface area contributed by atoms with Crippen LogP contribution in [0.5, 0.6) is 0 Å². The molecule has 0 aliphatic carbocycles. The maximum Gasteiger partial charge on any atom is 0.303 e.